The molecule has 0 saturated carbocycles. The zero-order valence-electron chi connectivity index (χ0n) is 20.7. The van der Waals surface area contributed by atoms with E-state index in [9.17, 15) is 4.79 Å². The maximum absolute atomic E-state index is 12.0. The van der Waals surface area contributed by atoms with Crippen molar-refractivity contribution in [2.24, 2.45) is 0 Å². The van der Waals surface area contributed by atoms with Gasteiger partial charge in [-0.1, -0.05) is 30.7 Å². The number of nitrogens with zero attached hydrogens (tertiary/aromatic N) is 2. The first-order valence-corrected chi connectivity index (χ1v) is 12.9. The Morgan fingerprint density at radius 2 is 1.89 bits per heavy atom. The maximum Gasteiger partial charge on any atom is 0.249 e. The van der Waals surface area contributed by atoms with Gasteiger partial charge < -0.3 is 24.1 Å². The quantitative estimate of drug-likeness (QED) is 0.333. The van der Waals surface area contributed by atoms with Gasteiger partial charge in [-0.2, -0.15) is 0 Å². The molecule has 0 radical (unpaired) electrons. The van der Waals surface area contributed by atoms with E-state index in [0.29, 0.717) is 19.8 Å². The Kier molecular flexibility index (Phi) is 9.40. The van der Waals surface area contributed by atoms with Crippen LogP contribution in [0.5, 0.6) is 11.5 Å². The van der Waals surface area contributed by atoms with Crippen LogP contribution in [0.1, 0.15) is 50.8 Å². The number of methoxy groups -OCH3 is 1. The molecule has 1 saturated heterocycles. The molecule has 2 aromatic carbocycles. The van der Waals surface area contributed by atoms with E-state index in [2.05, 4.69) is 28.1 Å². The molecule has 1 aliphatic rings. The Hall–Kier alpha value is -3.06. The van der Waals surface area contributed by atoms with Gasteiger partial charge in [0.2, 0.25) is 5.91 Å². The molecule has 3 aromatic rings. The monoisotopic (exact) mass is 479 g/mol. The van der Waals surface area contributed by atoms with Crippen LogP contribution in [-0.2, 0) is 22.5 Å². The van der Waals surface area contributed by atoms with Crippen LogP contribution < -0.4 is 14.8 Å². The van der Waals surface area contributed by atoms with Crippen LogP contribution in [0.25, 0.3) is 11.0 Å². The molecular formula is C28H37N3O4. The summed E-state index contributed by atoms with van der Waals surface area (Å²) in [6.07, 6.45) is 7.56. The molecule has 1 fully saturated rings. The maximum atomic E-state index is 12.0. The summed E-state index contributed by atoms with van der Waals surface area (Å²) in [6, 6.07) is 16.1. The first kappa shape index (κ1) is 25.0. The zero-order chi connectivity index (χ0) is 24.3. The Labute approximate surface area is 207 Å². The van der Waals surface area contributed by atoms with E-state index < -0.39 is 0 Å². The van der Waals surface area contributed by atoms with Gasteiger partial charge in [0.1, 0.15) is 11.9 Å². The second kappa shape index (κ2) is 13.1. The number of rotatable bonds is 14. The van der Waals surface area contributed by atoms with Crippen molar-refractivity contribution in [2.75, 3.05) is 26.9 Å². The summed E-state index contributed by atoms with van der Waals surface area (Å²) in [5, 5.41) is 3.01. The summed E-state index contributed by atoms with van der Waals surface area (Å²) >= 11 is 0. The van der Waals surface area contributed by atoms with Crippen molar-refractivity contribution in [3.63, 3.8) is 0 Å². The van der Waals surface area contributed by atoms with Crippen molar-refractivity contribution in [2.45, 2.75) is 64.0 Å². The van der Waals surface area contributed by atoms with E-state index >= 15 is 0 Å². The largest absolute Gasteiger partial charge is 0.493 e. The third-order valence-corrected chi connectivity index (χ3v) is 6.43. The molecule has 0 spiro atoms. The summed E-state index contributed by atoms with van der Waals surface area (Å²) in [5.41, 5.74) is 2.24. The lowest BCUT2D eigenvalue weighted by Crippen LogP contribution is -2.34. The van der Waals surface area contributed by atoms with Crippen LogP contribution in [0.2, 0.25) is 0 Å². The number of nitrogens with one attached hydrogen (secondary N) is 1. The van der Waals surface area contributed by atoms with E-state index in [4.69, 9.17) is 19.2 Å². The Morgan fingerprint density at radius 3 is 2.71 bits per heavy atom. The van der Waals surface area contributed by atoms with Gasteiger partial charge in [-0.15, -0.1) is 0 Å². The second-order valence-corrected chi connectivity index (χ2v) is 8.98. The topological polar surface area (TPSA) is 74.6 Å². The highest BCUT2D eigenvalue weighted by atomic mass is 16.5. The van der Waals surface area contributed by atoms with Gasteiger partial charge in [-0.05, 0) is 62.8 Å². The lowest BCUT2D eigenvalue weighted by Gasteiger charge is -2.12. The zero-order valence-corrected chi connectivity index (χ0v) is 20.7. The van der Waals surface area contributed by atoms with Gasteiger partial charge in [0, 0.05) is 26.1 Å². The van der Waals surface area contributed by atoms with E-state index in [1.54, 1.807) is 7.11 Å². The highest BCUT2D eigenvalue weighted by Gasteiger charge is 2.22. The first-order chi connectivity index (χ1) is 17.3. The average molecular weight is 480 g/mol. The number of ether oxygens (including phenoxy) is 3. The molecule has 4 rings (SSSR count). The molecule has 1 N–H and O–H groups in total. The number of aryl methyl sites for hydroxylation is 2. The fourth-order valence-corrected chi connectivity index (χ4v) is 4.55. The second-order valence-electron chi connectivity index (χ2n) is 8.98. The van der Waals surface area contributed by atoms with Crippen LogP contribution in [0.4, 0.5) is 0 Å². The molecule has 35 heavy (non-hydrogen) atoms. The summed E-state index contributed by atoms with van der Waals surface area (Å²) in [6.45, 7) is 2.98. The van der Waals surface area contributed by atoms with Crippen LogP contribution in [-0.4, -0.2) is 48.4 Å². The summed E-state index contributed by atoms with van der Waals surface area (Å²) in [5.74, 6) is 2.73. The van der Waals surface area contributed by atoms with Gasteiger partial charge in [0.05, 0.1) is 24.8 Å². The van der Waals surface area contributed by atoms with Crippen molar-refractivity contribution >= 4 is 16.9 Å². The predicted octanol–water partition coefficient (Wildman–Crippen LogP) is 4.91. The minimum Gasteiger partial charge on any atom is -0.493 e. The molecule has 1 aliphatic heterocycles. The standard InChI is InChI=1S/C28H37N3O4/c1-33-24-14-6-7-15-25(24)34-20-10-9-19-31-23-13-5-4-12-22(23)30-27(31)17-3-2-8-18-29-28(32)26-16-11-21-35-26/h4-7,12-15,26H,2-3,8-11,16-21H2,1H3,(H,29,32). The number of hydrogen-bond donors (Lipinski definition) is 1. The third-order valence-electron chi connectivity index (χ3n) is 6.43. The van der Waals surface area contributed by atoms with E-state index in [-0.39, 0.29) is 12.0 Å². The lowest BCUT2D eigenvalue weighted by atomic mass is 10.1. The normalized spacial score (nSPS) is 15.4. The molecule has 7 heteroatoms. The van der Waals surface area contributed by atoms with E-state index in [1.807, 2.05) is 30.3 Å². The molecule has 1 atom stereocenters. The van der Waals surface area contributed by atoms with Crippen molar-refractivity contribution < 1.29 is 19.0 Å². The molecule has 1 unspecified atom stereocenters. The Morgan fingerprint density at radius 1 is 1.06 bits per heavy atom. The van der Waals surface area contributed by atoms with Crippen molar-refractivity contribution in [3.8, 4) is 11.5 Å². The van der Waals surface area contributed by atoms with Crippen molar-refractivity contribution in [3.05, 3.63) is 54.4 Å². The molecule has 0 aliphatic carbocycles. The lowest BCUT2D eigenvalue weighted by molar-refractivity contribution is -0.130. The third kappa shape index (κ3) is 6.98. The minimum atomic E-state index is -0.241. The number of benzene rings is 2. The molecular weight excluding hydrogens is 442 g/mol. The van der Waals surface area contributed by atoms with Crippen LogP contribution in [0.15, 0.2) is 48.5 Å². The smallest absolute Gasteiger partial charge is 0.249 e. The number of fused-ring (bicyclic) bond motifs is 1. The van der Waals surface area contributed by atoms with Crippen LogP contribution >= 0.6 is 0 Å². The fraction of sp³-hybridized carbons (Fsp3) is 0.500. The number of amides is 1. The number of unbranched alkanes of at least 4 members (excludes halogenated alkanes) is 3. The Bertz CT molecular complexity index is 1080. The molecule has 2 heterocycles. The summed E-state index contributed by atoms with van der Waals surface area (Å²) < 4.78 is 19.1. The van der Waals surface area contributed by atoms with E-state index in [1.165, 1.54) is 5.52 Å². The van der Waals surface area contributed by atoms with Crippen molar-refractivity contribution in [1.82, 2.24) is 14.9 Å². The molecule has 0 bridgehead atoms. The predicted molar refractivity (Wildman–Crippen MR) is 137 cm³/mol. The van der Waals surface area contributed by atoms with Gasteiger partial charge in [-0.3, -0.25) is 4.79 Å². The van der Waals surface area contributed by atoms with Gasteiger partial charge >= 0.3 is 0 Å². The van der Waals surface area contributed by atoms with Crippen LogP contribution in [0.3, 0.4) is 0 Å². The summed E-state index contributed by atoms with van der Waals surface area (Å²) in [7, 11) is 1.66. The number of para-hydroxylation sites is 4. The molecule has 188 valence electrons. The minimum absolute atomic E-state index is 0.0407. The number of carbonyl (C=O) groups excluding carboxylic acids is 1. The van der Waals surface area contributed by atoms with E-state index in [0.717, 1.165) is 80.8 Å². The van der Waals surface area contributed by atoms with Crippen molar-refractivity contribution in [1.29, 1.82) is 0 Å². The first-order valence-electron chi connectivity index (χ1n) is 12.9. The fourth-order valence-electron chi connectivity index (χ4n) is 4.55. The van der Waals surface area contributed by atoms with Gasteiger partial charge in [0.15, 0.2) is 11.5 Å². The van der Waals surface area contributed by atoms with Crippen LogP contribution in [0, 0.1) is 0 Å². The number of aromatic nitrogens is 2. The highest BCUT2D eigenvalue weighted by molar-refractivity contribution is 5.80. The molecule has 1 amide bonds. The SMILES string of the molecule is COc1ccccc1OCCCCn1c(CCCCCNC(=O)C2CCCO2)nc2ccccc21. The van der Waals surface area contributed by atoms with Gasteiger partial charge in [-0.25, -0.2) is 4.98 Å². The molecule has 7 nitrogen and oxygen atoms in total. The average Bonchev–Trinajstić information content (AvgIpc) is 3.55. The molecule has 1 aromatic heterocycles. The number of carbonyl (C=O) groups is 1. The highest BCUT2D eigenvalue weighted by Crippen LogP contribution is 2.26. The number of hydrogen-bond acceptors (Lipinski definition) is 5. The summed E-state index contributed by atoms with van der Waals surface area (Å²) in [4.78, 5) is 16.9. The van der Waals surface area contributed by atoms with Gasteiger partial charge in [0.25, 0.3) is 0 Å². The number of imidazole rings is 1. The Balaban J connectivity index is 1.21.